The van der Waals surface area contributed by atoms with Gasteiger partial charge in [0.2, 0.25) is 5.91 Å². The van der Waals surface area contributed by atoms with Crippen molar-refractivity contribution in [3.63, 3.8) is 0 Å². The largest absolute Gasteiger partial charge is 0.480 e. The van der Waals surface area contributed by atoms with Crippen molar-refractivity contribution in [2.45, 2.75) is 46.3 Å². The highest BCUT2D eigenvalue weighted by Crippen LogP contribution is 2.37. The minimum atomic E-state index is -4.61. The summed E-state index contributed by atoms with van der Waals surface area (Å²) >= 11 is 11.6. The summed E-state index contributed by atoms with van der Waals surface area (Å²) in [6.45, 7) is 6.95. The number of nitro benzene ring substituents is 1. The fraction of sp³-hybridized carbons (Fsp3) is 0.389. The van der Waals surface area contributed by atoms with E-state index in [2.05, 4.69) is 23.0 Å². The fourth-order valence-electron chi connectivity index (χ4n) is 4.82. The van der Waals surface area contributed by atoms with E-state index in [-0.39, 0.29) is 41.0 Å². The first kappa shape index (κ1) is 52.2. The molecule has 0 fully saturated rings. The Morgan fingerprint density at radius 2 is 1.71 bits per heavy atom. The highest BCUT2D eigenvalue weighted by atomic mass is 35.5. The van der Waals surface area contributed by atoms with Crippen molar-refractivity contribution in [2.75, 3.05) is 50.5 Å². The van der Waals surface area contributed by atoms with Gasteiger partial charge in [-0.15, -0.1) is 11.6 Å². The number of benzene rings is 3. The summed E-state index contributed by atoms with van der Waals surface area (Å²) in [5.41, 5.74) is 1.05. The average molecular weight is 901 g/mol. The maximum Gasteiger partial charge on any atom is 0.416 e. The molecule has 1 amide bonds. The lowest BCUT2D eigenvalue weighted by atomic mass is 10.0. The first-order valence-corrected chi connectivity index (χ1v) is 19.8. The Kier molecular flexibility index (Phi) is 22.1. The zero-order valence-electron chi connectivity index (χ0n) is 32.3. The Bertz CT molecular complexity index is 1970. The van der Waals surface area contributed by atoms with Crippen LogP contribution in [0.4, 0.5) is 24.5 Å². The first-order valence-electron chi connectivity index (χ1n) is 17.1. The van der Waals surface area contributed by atoms with E-state index < -0.39 is 72.9 Å². The van der Waals surface area contributed by atoms with Gasteiger partial charge < -0.3 is 38.7 Å². The fourth-order valence-corrected chi connectivity index (χ4v) is 5.57. The molecule has 4 N–H and O–H groups in total. The Balaban J connectivity index is 0.000000510. The number of hydrogen-bond donors (Lipinski definition) is 4. The molecule has 0 aromatic heterocycles. The van der Waals surface area contributed by atoms with Gasteiger partial charge in [0.25, 0.3) is 5.69 Å². The van der Waals surface area contributed by atoms with Crippen molar-refractivity contribution in [3.05, 3.63) is 92.0 Å². The second-order valence-corrected chi connectivity index (χ2v) is 14.2. The van der Waals surface area contributed by atoms with E-state index in [0.717, 1.165) is 53.6 Å². The Labute approximate surface area is 346 Å². The van der Waals surface area contributed by atoms with Gasteiger partial charge in [0, 0.05) is 19.2 Å². The van der Waals surface area contributed by atoms with E-state index in [1.807, 2.05) is 26.0 Å². The van der Waals surface area contributed by atoms with Crippen molar-refractivity contribution in [3.8, 4) is 11.5 Å². The van der Waals surface area contributed by atoms with E-state index in [9.17, 15) is 47.0 Å². The molecule has 0 saturated heterocycles. The predicted octanol–water partition coefficient (Wildman–Crippen LogP) is 6.74. The molecule has 23 heteroatoms. The number of nitrogens with zero attached hydrogens (tertiary/aromatic N) is 2. The minimum absolute atomic E-state index is 0.0223. The quantitative estimate of drug-likeness (QED) is 0.0361. The number of amides is 1. The molecule has 0 aliphatic carbocycles. The summed E-state index contributed by atoms with van der Waals surface area (Å²) in [4.78, 5) is 73.9. The van der Waals surface area contributed by atoms with E-state index in [4.69, 9.17) is 52.3 Å². The topological polar surface area (TPSA) is 241 Å². The normalized spacial score (nSPS) is 11.5. The number of methoxy groups -OCH3 is 1. The van der Waals surface area contributed by atoms with Gasteiger partial charge in [0.05, 0.1) is 53.3 Å². The maximum atomic E-state index is 12.7. The molecule has 3 rings (SSSR count). The van der Waals surface area contributed by atoms with Gasteiger partial charge in [-0.1, -0.05) is 36.7 Å². The van der Waals surface area contributed by atoms with E-state index in [0.29, 0.717) is 12.7 Å². The number of nitrogens with one attached hydrogen (secondary N) is 1. The third-order valence-corrected chi connectivity index (χ3v) is 8.43. The highest BCUT2D eigenvalue weighted by Gasteiger charge is 2.31. The number of alkyl halides is 4. The van der Waals surface area contributed by atoms with Crippen LogP contribution in [-0.4, -0.2) is 95.3 Å². The number of nitro groups is 1. The number of halogens is 5. The van der Waals surface area contributed by atoms with Gasteiger partial charge >= 0.3 is 31.7 Å². The van der Waals surface area contributed by atoms with Crippen LogP contribution in [0.25, 0.3) is 0 Å². The second-order valence-electron chi connectivity index (χ2n) is 11.8. The molecule has 1 atom stereocenters. The van der Waals surface area contributed by atoms with Crippen molar-refractivity contribution in [2.24, 2.45) is 0 Å². The third kappa shape index (κ3) is 18.3. The van der Waals surface area contributed by atoms with Gasteiger partial charge in [-0.3, -0.25) is 29.6 Å². The number of hydrogen-bond acceptors (Lipinski definition) is 12. The second kappa shape index (κ2) is 25.0. The SMILES string of the molecule is CCOC(=O)COC(=O)c1cc(Oc2ccc(C(F)(F)F)cc2Cl)ccc1[N+](=O)[O-].CCc1cccc(C)c1N(C(=O)CCl)C(C)COC.O=C(O)CNCP(=O)(O)O. The molecule has 59 heavy (non-hydrogen) atoms. The summed E-state index contributed by atoms with van der Waals surface area (Å²) in [6, 6.07) is 11.4. The van der Waals surface area contributed by atoms with E-state index >= 15 is 0 Å². The number of carbonyl (C=O) groups excluding carboxylic acids is 3. The van der Waals surface area contributed by atoms with Crippen molar-refractivity contribution < 1.29 is 75.7 Å². The molecular weight excluding hydrogens is 857 g/mol. The number of aliphatic carboxylic acids is 1. The number of anilines is 1. The third-order valence-electron chi connectivity index (χ3n) is 7.27. The zero-order valence-corrected chi connectivity index (χ0v) is 34.7. The van der Waals surface area contributed by atoms with Gasteiger partial charge in [-0.2, -0.15) is 13.2 Å². The van der Waals surface area contributed by atoms with Crippen LogP contribution in [0.15, 0.2) is 54.6 Å². The van der Waals surface area contributed by atoms with Crippen LogP contribution in [0.1, 0.15) is 47.8 Å². The Hall–Kier alpha value is -4.82. The average Bonchev–Trinajstić information content (AvgIpc) is 3.14. The highest BCUT2D eigenvalue weighted by molar-refractivity contribution is 7.51. The summed E-state index contributed by atoms with van der Waals surface area (Å²) in [5, 5.41) is 20.9. The monoisotopic (exact) mass is 899 g/mol. The molecule has 0 aliphatic rings. The number of carboxylic acids is 1. The molecule has 0 heterocycles. The number of rotatable bonds is 17. The molecule has 0 bridgehead atoms. The lowest BCUT2D eigenvalue weighted by Gasteiger charge is -2.31. The van der Waals surface area contributed by atoms with Gasteiger partial charge in [-0.05, 0) is 62.6 Å². The number of aryl methyl sites for hydroxylation is 2. The molecular formula is C36H43Cl2F3N3O14P. The number of esters is 2. The van der Waals surface area contributed by atoms with Crippen LogP contribution in [0.2, 0.25) is 5.02 Å². The summed E-state index contributed by atoms with van der Waals surface area (Å²) < 4.78 is 68.0. The van der Waals surface area contributed by atoms with E-state index in [1.54, 1.807) is 12.0 Å². The molecule has 3 aromatic carbocycles. The predicted molar refractivity (Wildman–Crippen MR) is 209 cm³/mol. The summed E-state index contributed by atoms with van der Waals surface area (Å²) in [6.07, 6.45) is -4.33. The van der Waals surface area contributed by atoms with Crippen LogP contribution < -0.4 is 15.0 Å². The molecule has 17 nitrogen and oxygen atoms in total. The Morgan fingerprint density at radius 3 is 2.22 bits per heavy atom. The van der Waals surface area contributed by atoms with Gasteiger partial charge in [0.15, 0.2) is 6.61 Å². The molecule has 1 unspecified atom stereocenters. The molecule has 0 radical (unpaired) electrons. The van der Waals surface area contributed by atoms with Gasteiger partial charge in [0.1, 0.15) is 22.9 Å². The zero-order chi connectivity index (χ0) is 45.1. The van der Waals surface area contributed by atoms with Crippen LogP contribution >= 0.6 is 30.8 Å². The van der Waals surface area contributed by atoms with Crippen LogP contribution in [0.5, 0.6) is 11.5 Å². The number of carboxylic acid groups (broad SMARTS) is 1. The first-order chi connectivity index (χ1) is 27.5. The Morgan fingerprint density at radius 1 is 1.05 bits per heavy atom. The number of para-hydroxylation sites is 1. The van der Waals surface area contributed by atoms with Crippen LogP contribution in [0, 0.1) is 17.0 Å². The molecule has 0 spiro atoms. The standard InChI is InChI=1S/C18H13ClF3NO7.C15H22ClNO2.C3H8NO5P/c1-2-28-16(24)9-29-17(25)12-8-11(4-5-14(12)23(26)27)30-15-6-3-10(7-13(15)19)18(20,21)22;1-5-13-8-6-7-11(2)15(13)17(14(18)9-16)12(3)10-19-4;5-3(6)1-4-2-10(7,8)9/h3-8H,2,9H2,1H3;6-8,12H,5,9-10H2,1-4H3;4H,1-2H2,(H,5,6)(H2,7,8,9). The van der Waals surface area contributed by atoms with E-state index in [1.165, 1.54) is 6.92 Å². The lowest BCUT2D eigenvalue weighted by molar-refractivity contribution is -0.385. The molecule has 3 aromatic rings. The van der Waals surface area contributed by atoms with Crippen molar-refractivity contribution in [1.29, 1.82) is 0 Å². The van der Waals surface area contributed by atoms with Crippen molar-refractivity contribution in [1.82, 2.24) is 5.32 Å². The molecule has 326 valence electrons. The van der Waals surface area contributed by atoms with Crippen LogP contribution in [0.3, 0.4) is 0 Å². The number of ether oxygens (including phenoxy) is 4. The molecule has 0 aliphatic heterocycles. The number of carbonyl (C=O) groups is 4. The minimum Gasteiger partial charge on any atom is -0.480 e. The van der Waals surface area contributed by atoms with Crippen molar-refractivity contribution >= 4 is 66.0 Å². The maximum absolute atomic E-state index is 12.7. The lowest BCUT2D eigenvalue weighted by Crippen LogP contribution is -2.43. The summed E-state index contributed by atoms with van der Waals surface area (Å²) in [7, 11) is -2.46. The smallest absolute Gasteiger partial charge is 0.416 e. The van der Waals surface area contributed by atoms with Gasteiger partial charge in [-0.25, -0.2) is 9.59 Å². The molecule has 0 saturated carbocycles. The van der Waals surface area contributed by atoms with Crippen LogP contribution in [-0.2, 0) is 45.8 Å². The summed E-state index contributed by atoms with van der Waals surface area (Å²) in [5.74, 6) is -3.61.